The minimum Gasteiger partial charge on any atom is -0.348 e. The van der Waals surface area contributed by atoms with Crippen LogP contribution >= 0.6 is 0 Å². The van der Waals surface area contributed by atoms with Crippen molar-refractivity contribution >= 4 is 0 Å². The van der Waals surface area contributed by atoms with Crippen LogP contribution < -0.4 is 0 Å². The zero-order valence-corrected chi connectivity index (χ0v) is 32.3. The number of ether oxygens (including phenoxy) is 2. The summed E-state index contributed by atoms with van der Waals surface area (Å²) >= 11 is 0. The second-order valence-electron chi connectivity index (χ2n) is 15.8. The van der Waals surface area contributed by atoms with Crippen LogP contribution in [0.15, 0.2) is 170 Å². The molecule has 54 heavy (non-hydrogen) atoms. The molecule has 1 aliphatic rings. The van der Waals surface area contributed by atoms with Crippen molar-refractivity contribution in [1.29, 1.82) is 0 Å². The van der Waals surface area contributed by atoms with E-state index in [0.717, 1.165) is 38.5 Å². The molecular formula is C50H56N2O2. The maximum absolute atomic E-state index is 7.79. The number of hydrogen-bond donors (Lipinski definition) is 0. The van der Waals surface area contributed by atoms with E-state index in [1.165, 1.54) is 27.8 Å². The Kier molecular flexibility index (Phi) is 11.6. The fraction of sp³-hybridized carbons (Fsp3) is 0.340. The second kappa shape index (κ2) is 16.7. The first-order valence-electron chi connectivity index (χ1n) is 19.9. The zero-order valence-electron chi connectivity index (χ0n) is 32.3. The Morgan fingerprint density at radius 3 is 1.33 bits per heavy atom. The number of imidazole rings is 1. The molecule has 0 bridgehead atoms. The third-order valence-corrected chi connectivity index (χ3v) is 12.8. The first-order chi connectivity index (χ1) is 26.4. The molecule has 6 aromatic rings. The van der Waals surface area contributed by atoms with Crippen molar-refractivity contribution in [3.05, 3.63) is 198 Å². The van der Waals surface area contributed by atoms with Gasteiger partial charge in [0.05, 0.1) is 25.0 Å². The fourth-order valence-electron chi connectivity index (χ4n) is 9.59. The minimum atomic E-state index is -1.03. The van der Waals surface area contributed by atoms with Gasteiger partial charge in [0.25, 0.3) is 0 Å². The van der Waals surface area contributed by atoms with Gasteiger partial charge in [0.2, 0.25) is 0 Å². The highest BCUT2D eigenvalue weighted by Crippen LogP contribution is 2.64. The van der Waals surface area contributed by atoms with E-state index in [1.807, 2.05) is 12.5 Å². The van der Waals surface area contributed by atoms with Crippen LogP contribution in [0.4, 0.5) is 0 Å². The maximum Gasteiger partial charge on any atom is 0.180 e. The molecule has 1 aliphatic heterocycles. The normalized spacial score (nSPS) is 17.0. The number of aromatic nitrogens is 2. The SMILES string of the molecule is CCC1(CC)COC(Cc2ccccc2)(C(Cc2ccccc2)(C(C)n2ccnc2)C(Cc2ccccc2)(Cc2ccccc2)Cc2ccccc2)OC1. The average molecular weight is 717 g/mol. The first kappa shape index (κ1) is 37.5. The van der Waals surface area contributed by atoms with Crippen LogP contribution in [0.2, 0.25) is 0 Å². The Hall–Kier alpha value is -4.77. The van der Waals surface area contributed by atoms with Gasteiger partial charge in [-0.2, -0.15) is 0 Å². The molecule has 1 aromatic heterocycles. The van der Waals surface area contributed by atoms with Crippen molar-refractivity contribution in [2.45, 2.75) is 77.5 Å². The van der Waals surface area contributed by atoms with E-state index in [9.17, 15) is 0 Å². The lowest BCUT2D eigenvalue weighted by Gasteiger charge is -2.65. The van der Waals surface area contributed by atoms with Gasteiger partial charge in [-0.3, -0.25) is 0 Å². The van der Waals surface area contributed by atoms with Crippen molar-refractivity contribution in [2.24, 2.45) is 16.2 Å². The van der Waals surface area contributed by atoms with E-state index in [2.05, 4.69) is 188 Å². The van der Waals surface area contributed by atoms with E-state index in [4.69, 9.17) is 9.47 Å². The monoisotopic (exact) mass is 716 g/mol. The standard InChI is InChI=1S/C50H56N2O2/c1-4-47(5-2)38-53-50(54-39-47,37-46-29-19-10-20-30-46)49(36-45-27-17-9-18-28-45,41(3)52-32-31-51-40-52)48(33-42-21-11-6-12-22-42,34-43-23-13-7-14-24-43)35-44-25-15-8-16-26-44/h6-32,40-41H,4-5,33-39H2,1-3H3. The Balaban J connectivity index is 1.61. The molecule has 0 spiro atoms. The molecule has 2 atom stereocenters. The van der Waals surface area contributed by atoms with E-state index in [1.54, 1.807) is 0 Å². The van der Waals surface area contributed by atoms with E-state index < -0.39 is 16.6 Å². The Morgan fingerprint density at radius 2 is 0.963 bits per heavy atom. The quantitative estimate of drug-likeness (QED) is 0.100. The van der Waals surface area contributed by atoms with Crippen LogP contribution in [0.3, 0.4) is 0 Å². The summed E-state index contributed by atoms with van der Waals surface area (Å²) in [5.74, 6) is -1.03. The molecule has 0 aliphatic carbocycles. The number of rotatable bonds is 16. The molecule has 2 heterocycles. The van der Waals surface area contributed by atoms with Gasteiger partial charge in [-0.05, 0) is 78.7 Å². The van der Waals surface area contributed by atoms with Crippen molar-refractivity contribution < 1.29 is 9.47 Å². The van der Waals surface area contributed by atoms with Gasteiger partial charge in [-0.1, -0.05) is 166 Å². The summed E-state index contributed by atoms with van der Waals surface area (Å²) in [4.78, 5) is 4.68. The van der Waals surface area contributed by atoms with Gasteiger partial charge in [-0.15, -0.1) is 0 Å². The third kappa shape index (κ3) is 7.60. The predicted molar refractivity (Wildman–Crippen MR) is 220 cm³/mol. The molecular weight excluding hydrogens is 661 g/mol. The molecule has 7 rings (SSSR count). The molecule has 0 amide bonds. The van der Waals surface area contributed by atoms with Crippen molar-refractivity contribution in [3.63, 3.8) is 0 Å². The summed E-state index contributed by atoms with van der Waals surface area (Å²) in [6.45, 7) is 8.25. The van der Waals surface area contributed by atoms with Gasteiger partial charge in [0, 0.05) is 30.3 Å². The highest BCUT2D eigenvalue weighted by Gasteiger charge is 2.68. The van der Waals surface area contributed by atoms with Crippen molar-refractivity contribution in [1.82, 2.24) is 9.55 Å². The van der Waals surface area contributed by atoms with Gasteiger partial charge in [0.15, 0.2) is 5.79 Å². The minimum absolute atomic E-state index is 0.0577. The van der Waals surface area contributed by atoms with Crippen LogP contribution in [-0.2, 0) is 41.6 Å². The van der Waals surface area contributed by atoms with E-state index in [0.29, 0.717) is 19.6 Å². The third-order valence-electron chi connectivity index (χ3n) is 12.8. The summed E-state index contributed by atoms with van der Waals surface area (Å²) in [5, 5.41) is 0. The Labute approximate surface area is 323 Å². The smallest absolute Gasteiger partial charge is 0.180 e. The van der Waals surface area contributed by atoms with E-state index in [-0.39, 0.29) is 11.5 Å². The summed E-state index contributed by atoms with van der Waals surface area (Å²) in [5.41, 5.74) is 5.21. The molecule has 0 radical (unpaired) electrons. The Morgan fingerprint density at radius 1 is 0.574 bits per heavy atom. The Bertz CT molecular complexity index is 1870. The van der Waals surface area contributed by atoms with Gasteiger partial charge in [0.1, 0.15) is 0 Å². The molecule has 1 saturated heterocycles. The molecule has 0 saturated carbocycles. The second-order valence-corrected chi connectivity index (χ2v) is 15.8. The van der Waals surface area contributed by atoms with Crippen molar-refractivity contribution in [3.8, 4) is 0 Å². The van der Waals surface area contributed by atoms with Crippen LogP contribution in [0.1, 0.15) is 67.5 Å². The molecule has 0 N–H and O–H groups in total. The lowest BCUT2D eigenvalue weighted by molar-refractivity contribution is -0.381. The van der Waals surface area contributed by atoms with Crippen molar-refractivity contribution in [2.75, 3.05) is 13.2 Å². The fourth-order valence-corrected chi connectivity index (χ4v) is 9.59. The predicted octanol–water partition coefficient (Wildman–Crippen LogP) is 11.2. The highest BCUT2D eigenvalue weighted by atomic mass is 16.7. The van der Waals surface area contributed by atoms with E-state index >= 15 is 0 Å². The van der Waals surface area contributed by atoms with Gasteiger partial charge in [-0.25, -0.2) is 4.98 Å². The molecule has 5 aromatic carbocycles. The van der Waals surface area contributed by atoms with Gasteiger partial charge < -0.3 is 14.0 Å². The summed E-state index contributed by atoms with van der Waals surface area (Å²) < 4.78 is 17.9. The molecule has 4 nitrogen and oxygen atoms in total. The van der Waals surface area contributed by atoms with Crippen LogP contribution in [0.5, 0.6) is 0 Å². The van der Waals surface area contributed by atoms with Crippen LogP contribution in [-0.4, -0.2) is 28.6 Å². The largest absolute Gasteiger partial charge is 0.348 e. The van der Waals surface area contributed by atoms with Gasteiger partial charge >= 0.3 is 0 Å². The summed E-state index contributed by atoms with van der Waals surface area (Å²) in [6, 6.07) is 55.3. The number of benzene rings is 5. The summed E-state index contributed by atoms with van der Waals surface area (Å²) in [7, 11) is 0. The van der Waals surface area contributed by atoms with Crippen LogP contribution in [0, 0.1) is 16.2 Å². The zero-order chi connectivity index (χ0) is 37.3. The van der Waals surface area contributed by atoms with Crippen LogP contribution in [0.25, 0.3) is 0 Å². The lowest BCUT2D eigenvalue weighted by atomic mass is 9.47. The molecule has 278 valence electrons. The number of hydrogen-bond acceptors (Lipinski definition) is 3. The molecule has 2 unspecified atom stereocenters. The maximum atomic E-state index is 7.79. The topological polar surface area (TPSA) is 36.3 Å². The first-order valence-corrected chi connectivity index (χ1v) is 19.9. The molecule has 1 fully saturated rings. The highest BCUT2D eigenvalue weighted by molar-refractivity contribution is 5.33. The lowest BCUT2D eigenvalue weighted by Crippen LogP contribution is -2.70. The average Bonchev–Trinajstić information content (AvgIpc) is 3.77. The molecule has 4 heteroatoms. The number of nitrogens with zero attached hydrogens (tertiary/aromatic N) is 2. The summed E-state index contributed by atoms with van der Waals surface area (Å²) in [6.07, 6.45) is 11.9.